The number of nitrogens with zero attached hydrogens (tertiary/aromatic N) is 1. The SMILES string of the molecule is Cc1ccc(N(CC(=O)NC2CC(C)(C)Oc3ccc(C)cc32)S(C)(=O)=O)c(C)c1. The van der Waals surface area contributed by atoms with E-state index in [1.807, 2.05) is 65.0 Å². The zero-order valence-corrected chi connectivity index (χ0v) is 19.3. The summed E-state index contributed by atoms with van der Waals surface area (Å²) in [4.78, 5) is 13.0. The summed E-state index contributed by atoms with van der Waals surface area (Å²) in [6.07, 6.45) is 1.72. The zero-order chi connectivity index (χ0) is 22.3. The van der Waals surface area contributed by atoms with Crippen molar-refractivity contribution in [1.29, 1.82) is 0 Å². The molecule has 1 amide bonds. The van der Waals surface area contributed by atoms with E-state index in [9.17, 15) is 13.2 Å². The number of anilines is 1. The molecule has 1 heterocycles. The van der Waals surface area contributed by atoms with Crippen molar-refractivity contribution in [1.82, 2.24) is 5.32 Å². The van der Waals surface area contributed by atoms with Gasteiger partial charge in [0.2, 0.25) is 15.9 Å². The van der Waals surface area contributed by atoms with Crippen LogP contribution in [0.25, 0.3) is 0 Å². The molecule has 3 rings (SSSR count). The van der Waals surface area contributed by atoms with E-state index in [-0.39, 0.29) is 18.5 Å². The fourth-order valence-electron chi connectivity index (χ4n) is 3.94. The maximum absolute atomic E-state index is 13.0. The van der Waals surface area contributed by atoms with Crippen LogP contribution in [0.2, 0.25) is 0 Å². The molecule has 0 bridgehead atoms. The van der Waals surface area contributed by atoms with E-state index in [1.54, 1.807) is 6.07 Å². The van der Waals surface area contributed by atoms with Crippen LogP contribution in [0.4, 0.5) is 5.69 Å². The van der Waals surface area contributed by atoms with Gasteiger partial charge in [0.05, 0.1) is 18.0 Å². The maximum Gasteiger partial charge on any atom is 0.241 e. The normalized spacial score (nSPS) is 17.6. The summed E-state index contributed by atoms with van der Waals surface area (Å²) in [5, 5.41) is 3.04. The highest BCUT2D eigenvalue weighted by molar-refractivity contribution is 7.92. The first-order valence-electron chi connectivity index (χ1n) is 10.00. The lowest BCUT2D eigenvalue weighted by Gasteiger charge is -2.38. The molecule has 0 saturated carbocycles. The fraction of sp³-hybridized carbons (Fsp3) is 0.435. The summed E-state index contributed by atoms with van der Waals surface area (Å²) >= 11 is 0. The number of carbonyl (C=O) groups excluding carboxylic acids is 1. The van der Waals surface area contributed by atoms with Crippen LogP contribution in [0.3, 0.4) is 0 Å². The second-order valence-corrected chi connectivity index (χ2v) is 10.7. The van der Waals surface area contributed by atoms with Crippen molar-refractivity contribution in [3.05, 3.63) is 58.7 Å². The molecule has 0 aliphatic carbocycles. The molecule has 2 aromatic carbocycles. The summed E-state index contributed by atoms with van der Waals surface area (Å²) < 4.78 is 32.2. The van der Waals surface area contributed by atoms with E-state index in [4.69, 9.17) is 4.74 Å². The van der Waals surface area contributed by atoms with Crippen molar-refractivity contribution in [2.75, 3.05) is 17.1 Å². The zero-order valence-electron chi connectivity index (χ0n) is 18.4. The number of sulfonamides is 1. The second kappa shape index (κ2) is 7.95. The average Bonchev–Trinajstić information content (AvgIpc) is 2.59. The van der Waals surface area contributed by atoms with Crippen LogP contribution in [0.1, 0.15) is 48.6 Å². The minimum Gasteiger partial charge on any atom is -0.487 e. The Bertz CT molecular complexity index is 1080. The van der Waals surface area contributed by atoms with Gasteiger partial charge >= 0.3 is 0 Å². The minimum absolute atomic E-state index is 0.253. The highest BCUT2D eigenvalue weighted by Crippen LogP contribution is 2.39. The Morgan fingerprint density at radius 1 is 1.13 bits per heavy atom. The van der Waals surface area contributed by atoms with Gasteiger partial charge in [-0.05, 0) is 52.3 Å². The molecule has 1 N–H and O–H groups in total. The molecule has 30 heavy (non-hydrogen) atoms. The Hall–Kier alpha value is -2.54. The minimum atomic E-state index is -3.63. The molecule has 6 nitrogen and oxygen atoms in total. The number of hydrogen-bond donors (Lipinski definition) is 1. The first kappa shape index (κ1) is 22.2. The van der Waals surface area contributed by atoms with Crippen molar-refractivity contribution in [3.63, 3.8) is 0 Å². The standard InChI is InChI=1S/C23H30N2O4S/c1-15-7-9-20(17(3)11-15)25(30(6,27)28)14-22(26)24-19-13-23(4,5)29-21-10-8-16(2)12-18(19)21/h7-12,19H,13-14H2,1-6H3,(H,24,26). The van der Waals surface area contributed by atoms with E-state index in [0.29, 0.717) is 12.1 Å². The van der Waals surface area contributed by atoms with Gasteiger partial charge < -0.3 is 10.1 Å². The summed E-state index contributed by atoms with van der Waals surface area (Å²) in [6, 6.07) is 11.2. The third kappa shape index (κ3) is 4.95. The first-order valence-corrected chi connectivity index (χ1v) is 11.8. The number of rotatable bonds is 5. The van der Waals surface area contributed by atoms with Crippen LogP contribution in [0.15, 0.2) is 36.4 Å². The number of aryl methyl sites for hydroxylation is 3. The number of benzene rings is 2. The molecule has 0 radical (unpaired) electrons. The molecule has 1 aliphatic rings. The molecule has 1 atom stereocenters. The van der Waals surface area contributed by atoms with Crippen LogP contribution in [0.5, 0.6) is 5.75 Å². The number of hydrogen-bond acceptors (Lipinski definition) is 4. The first-order chi connectivity index (χ1) is 13.9. The second-order valence-electron chi connectivity index (χ2n) is 8.79. The predicted octanol–water partition coefficient (Wildman–Crippen LogP) is 3.80. The Labute approximate surface area is 179 Å². The third-order valence-electron chi connectivity index (χ3n) is 5.27. The monoisotopic (exact) mass is 430 g/mol. The molecule has 0 saturated heterocycles. The van der Waals surface area contributed by atoms with Gasteiger partial charge in [-0.2, -0.15) is 0 Å². The topological polar surface area (TPSA) is 75.7 Å². The van der Waals surface area contributed by atoms with Crippen molar-refractivity contribution >= 4 is 21.6 Å². The molecule has 0 fully saturated rings. The van der Waals surface area contributed by atoms with E-state index < -0.39 is 15.6 Å². The van der Waals surface area contributed by atoms with Crippen molar-refractivity contribution < 1.29 is 17.9 Å². The molecular formula is C23H30N2O4S. The molecule has 1 unspecified atom stereocenters. The van der Waals surface area contributed by atoms with Gasteiger partial charge in [0.1, 0.15) is 17.9 Å². The summed E-state index contributed by atoms with van der Waals surface area (Å²) in [7, 11) is -3.63. The van der Waals surface area contributed by atoms with Gasteiger partial charge in [0.25, 0.3) is 0 Å². The Balaban J connectivity index is 1.87. The Morgan fingerprint density at radius 2 is 1.77 bits per heavy atom. The van der Waals surface area contributed by atoms with Gasteiger partial charge in [-0.3, -0.25) is 9.10 Å². The summed E-state index contributed by atoms with van der Waals surface area (Å²) in [5.74, 6) is 0.395. The number of ether oxygens (including phenoxy) is 1. The number of amides is 1. The Morgan fingerprint density at radius 3 is 2.40 bits per heavy atom. The highest BCUT2D eigenvalue weighted by Gasteiger charge is 2.35. The van der Waals surface area contributed by atoms with Gasteiger partial charge in [-0.25, -0.2) is 8.42 Å². The molecule has 1 aliphatic heterocycles. The Kier molecular flexibility index (Phi) is 5.87. The van der Waals surface area contributed by atoms with Gasteiger partial charge in [-0.15, -0.1) is 0 Å². The third-order valence-corrected chi connectivity index (χ3v) is 6.39. The fourth-order valence-corrected chi connectivity index (χ4v) is 4.85. The summed E-state index contributed by atoms with van der Waals surface area (Å²) in [5.41, 5.74) is 3.91. The van der Waals surface area contributed by atoms with Crippen LogP contribution in [0, 0.1) is 20.8 Å². The largest absolute Gasteiger partial charge is 0.487 e. The van der Waals surface area contributed by atoms with E-state index in [2.05, 4.69) is 5.32 Å². The number of fused-ring (bicyclic) bond motifs is 1. The highest BCUT2D eigenvalue weighted by atomic mass is 32.2. The van der Waals surface area contributed by atoms with E-state index >= 15 is 0 Å². The number of nitrogens with one attached hydrogen (secondary N) is 1. The van der Waals surface area contributed by atoms with Crippen molar-refractivity contribution in [2.24, 2.45) is 0 Å². The molecular weight excluding hydrogens is 400 g/mol. The summed E-state index contributed by atoms with van der Waals surface area (Å²) in [6.45, 7) is 9.46. The molecule has 0 spiro atoms. The van der Waals surface area contributed by atoms with Crippen LogP contribution >= 0.6 is 0 Å². The lowest BCUT2D eigenvalue weighted by molar-refractivity contribution is -0.120. The lowest BCUT2D eigenvalue weighted by atomic mass is 9.89. The van der Waals surface area contributed by atoms with Gasteiger partial charge in [0, 0.05) is 12.0 Å². The molecule has 162 valence electrons. The van der Waals surface area contributed by atoms with Crippen LogP contribution in [-0.2, 0) is 14.8 Å². The number of carbonyl (C=O) groups is 1. The smallest absolute Gasteiger partial charge is 0.241 e. The van der Waals surface area contributed by atoms with Crippen molar-refractivity contribution in [2.45, 2.75) is 52.7 Å². The van der Waals surface area contributed by atoms with E-state index in [1.165, 1.54) is 4.31 Å². The average molecular weight is 431 g/mol. The molecule has 2 aromatic rings. The van der Waals surface area contributed by atoms with Gasteiger partial charge in [0.15, 0.2) is 0 Å². The van der Waals surface area contributed by atoms with Crippen molar-refractivity contribution in [3.8, 4) is 5.75 Å². The molecule has 0 aromatic heterocycles. The van der Waals surface area contributed by atoms with Crippen LogP contribution in [-0.4, -0.2) is 32.7 Å². The van der Waals surface area contributed by atoms with Gasteiger partial charge in [-0.1, -0.05) is 35.4 Å². The quantitative estimate of drug-likeness (QED) is 0.783. The molecule has 7 heteroatoms. The van der Waals surface area contributed by atoms with Crippen LogP contribution < -0.4 is 14.4 Å². The lowest BCUT2D eigenvalue weighted by Crippen LogP contribution is -2.45. The maximum atomic E-state index is 13.0. The van der Waals surface area contributed by atoms with E-state index in [0.717, 1.165) is 34.3 Å². The predicted molar refractivity (Wildman–Crippen MR) is 119 cm³/mol.